The molecule has 7 fully saturated rings. The maximum absolute atomic E-state index is 12.7. The summed E-state index contributed by atoms with van der Waals surface area (Å²) in [6.45, 7) is 11.5. The van der Waals surface area contributed by atoms with Crippen molar-refractivity contribution in [1.82, 2.24) is 26.4 Å². The van der Waals surface area contributed by atoms with Crippen LogP contribution in [0.5, 0.6) is 0 Å². The molecule has 1 saturated carbocycles. The predicted molar refractivity (Wildman–Crippen MR) is 173 cm³/mol. The Kier molecular flexibility index (Phi) is 6.08. The molecule has 14 nitrogen and oxygen atoms in total. The summed E-state index contributed by atoms with van der Waals surface area (Å²) in [6, 6.07) is -0.604. The number of hydrogen-bond acceptors (Lipinski definition) is 12. The Morgan fingerprint density at radius 1 is 1.18 bits per heavy atom. The highest BCUT2D eigenvalue weighted by atomic mass is 32.1. The SMILES string of the molecule is C=CC1C(=O)N[C@@]2(CC3N/C(=C\[C@]45NN4/C(=C/C4NC(=O)[C@H](C)[C@H]4CCS)C(C)=C5C[C@]45O[C@@]46O[C@@]56O)C([C@@H](O)CC(=O)O)=C3C)O[C@@]12C. The number of amides is 2. The first-order valence-electron chi connectivity index (χ1n) is 16.9. The molecule has 0 radical (unpaired) electrons. The topological polar surface area (TPSA) is 211 Å². The second kappa shape index (κ2) is 9.37. The summed E-state index contributed by atoms with van der Waals surface area (Å²) in [5.41, 5.74) is 4.62. The molecule has 2 amide bonds. The van der Waals surface area contributed by atoms with E-state index in [0.717, 1.165) is 28.8 Å². The summed E-state index contributed by atoms with van der Waals surface area (Å²) in [7, 11) is 0. The second-order valence-corrected chi connectivity index (χ2v) is 15.7. The standard InChI is InChI=1S/C34H41N5O9S/c1-6-18-28(44)37-32(29(18,5)46-32)13-21-16(4)26(24(40)10-25(41)42)22(35-21)12-30-19(11-31-33(45)34(31,47-31)48-33)15(3)23(39(30)38-30)9-20-17(7-8-49)14(2)27(43)36-20/h6,9,12,14,17-18,20-21,24,35,38,40,45,49H,1,7-8,10-11,13H2,2-5H3,(H,36,43)(H,37,44)(H,41,42)/b22-12-,23-9+/t14-,17-,18?,20?,21?,24+,29+,30+,31-,32+,33+,34-,39?/m1/s1. The number of carbonyl (C=O) groups is 3. The van der Waals surface area contributed by atoms with Gasteiger partial charge in [0, 0.05) is 30.0 Å². The van der Waals surface area contributed by atoms with Gasteiger partial charge in [0.2, 0.25) is 11.8 Å². The van der Waals surface area contributed by atoms with Crippen LogP contribution in [0.2, 0.25) is 0 Å². The molecule has 49 heavy (non-hydrogen) atoms. The van der Waals surface area contributed by atoms with Gasteiger partial charge in [0.15, 0.2) is 17.0 Å². The number of hydrogen-bond donors (Lipinski definition) is 8. The third kappa shape index (κ3) is 3.71. The Balaban J connectivity index is 1.08. The van der Waals surface area contributed by atoms with Gasteiger partial charge in [-0.3, -0.25) is 19.4 Å². The lowest BCUT2D eigenvalue weighted by Crippen LogP contribution is -2.40. The molecule has 7 N–H and O–H groups in total. The summed E-state index contributed by atoms with van der Waals surface area (Å²) >= 11 is 4.44. The summed E-state index contributed by atoms with van der Waals surface area (Å²) in [5, 5.41) is 43.4. The van der Waals surface area contributed by atoms with Gasteiger partial charge < -0.3 is 45.5 Å². The van der Waals surface area contributed by atoms with Gasteiger partial charge in [-0.15, -0.1) is 6.58 Å². The van der Waals surface area contributed by atoms with Crippen LogP contribution in [0.3, 0.4) is 0 Å². The number of ether oxygens (including phenoxy) is 3. The Bertz CT molecular complexity index is 1800. The minimum absolute atomic E-state index is 0.00258. The molecule has 15 heteroatoms. The molecule has 1 spiro atoms. The fourth-order valence-electron chi connectivity index (χ4n) is 9.59. The molecule has 1 aliphatic carbocycles. The number of aliphatic hydroxyl groups is 2. The van der Waals surface area contributed by atoms with Crippen molar-refractivity contribution in [2.45, 2.75) is 106 Å². The Labute approximate surface area is 288 Å². The third-order valence-corrected chi connectivity index (χ3v) is 13.1. The number of allylic oxidation sites excluding steroid dienone is 1. The van der Waals surface area contributed by atoms with Gasteiger partial charge >= 0.3 is 5.97 Å². The zero-order chi connectivity index (χ0) is 34.8. The molecular weight excluding hydrogens is 654 g/mol. The number of aliphatic carboxylic acids is 1. The predicted octanol–water partition coefficient (Wildman–Crippen LogP) is 0.190. The molecule has 262 valence electrons. The van der Waals surface area contributed by atoms with E-state index in [1.165, 1.54) is 0 Å². The number of carboxylic acid groups (broad SMARTS) is 1. The first kappa shape index (κ1) is 31.8. The number of carbonyl (C=O) groups excluding carboxylic acids is 2. The molecule has 8 heterocycles. The largest absolute Gasteiger partial charge is 0.481 e. The van der Waals surface area contributed by atoms with Gasteiger partial charge in [-0.05, 0) is 67.7 Å². The molecule has 6 saturated heterocycles. The molecule has 3 unspecified atom stereocenters. The number of nitrogens with zero attached hydrogens (tertiary/aromatic N) is 1. The van der Waals surface area contributed by atoms with E-state index in [1.54, 1.807) is 6.08 Å². The zero-order valence-corrected chi connectivity index (χ0v) is 28.5. The highest BCUT2D eigenvalue weighted by Crippen LogP contribution is 2.94. The average molecular weight is 696 g/mol. The first-order valence-corrected chi connectivity index (χ1v) is 17.5. The average Bonchev–Trinajstić information content (AvgIpc) is 3.98. The number of epoxide rings is 3. The van der Waals surface area contributed by atoms with Crippen LogP contribution in [0.15, 0.2) is 58.5 Å². The van der Waals surface area contributed by atoms with Crippen LogP contribution < -0.4 is 21.4 Å². The van der Waals surface area contributed by atoms with E-state index in [0.29, 0.717) is 29.9 Å². The summed E-state index contributed by atoms with van der Waals surface area (Å²) in [5.74, 6) is -3.50. The Hall–Kier alpha value is -3.18. The van der Waals surface area contributed by atoms with Crippen LogP contribution in [0.1, 0.15) is 53.4 Å². The van der Waals surface area contributed by atoms with Gasteiger partial charge in [0.25, 0.3) is 11.6 Å². The van der Waals surface area contributed by atoms with Crippen molar-refractivity contribution in [3.05, 3.63) is 58.5 Å². The first-order chi connectivity index (χ1) is 23.1. The van der Waals surface area contributed by atoms with Crippen LogP contribution >= 0.6 is 12.6 Å². The quantitative estimate of drug-likeness (QED) is 0.0782. The molecule has 9 rings (SSSR count). The summed E-state index contributed by atoms with van der Waals surface area (Å²) in [6.07, 6.45) is 5.28. The van der Waals surface area contributed by atoms with Crippen molar-refractivity contribution < 1.29 is 43.9 Å². The highest BCUT2D eigenvalue weighted by molar-refractivity contribution is 7.80. The number of hydrazine groups is 1. The molecule has 9 aliphatic rings. The van der Waals surface area contributed by atoms with E-state index in [9.17, 15) is 29.7 Å². The minimum atomic E-state index is -1.31. The maximum Gasteiger partial charge on any atom is 0.306 e. The van der Waals surface area contributed by atoms with E-state index >= 15 is 0 Å². The zero-order valence-electron chi connectivity index (χ0n) is 27.6. The van der Waals surface area contributed by atoms with E-state index in [4.69, 9.17) is 14.2 Å². The Morgan fingerprint density at radius 2 is 1.92 bits per heavy atom. The van der Waals surface area contributed by atoms with Crippen LogP contribution in [0, 0.1) is 17.8 Å². The number of carboxylic acids is 1. The molecule has 0 aromatic carbocycles. The highest BCUT2D eigenvalue weighted by Gasteiger charge is 3.22. The van der Waals surface area contributed by atoms with Gasteiger partial charge in [-0.25, -0.2) is 0 Å². The van der Waals surface area contributed by atoms with E-state index < -0.39 is 58.6 Å². The molecule has 12 atom stereocenters. The monoisotopic (exact) mass is 695 g/mol. The van der Waals surface area contributed by atoms with Gasteiger partial charge in [-0.1, -0.05) is 13.0 Å². The van der Waals surface area contributed by atoms with Gasteiger partial charge in [0.1, 0.15) is 5.60 Å². The van der Waals surface area contributed by atoms with Gasteiger partial charge in [-0.2, -0.15) is 18.1 Å². The lowest BCUT2D eigenvalue weighted by molar-refractivity contribution is -0.138. The van der Waals surface area contributed by atoms with E-state index in [1.807, 2.05) is 38.8 Å². The van der Waals surface area contributed by atoms with Crippen molar-refractivity contribution in [3.8, 4) is 0 Å². The number of thiol groups is 1. The van der Waals surface area contributed by atoms with Crippen LogP contribution in [0.4, 0.5) is 0 Å². The van der Waals surface area contributed by atoms with Crippen LogP contribution in [-0.2, 0) is 28.6 Å². The molecular formula is C34H41N5O9S. The molecule has 0 bridgehead atoms. The molecule has 0 aromatic rings. The fourth-order valence-corrected chi connectivity index (χ4v) is 9.89. The molecule has 0 aromatic heterocycles. The summed E-state index contributed by atoms with van der Waals surface area (Å²) < 4.78 is 17.3. The van der Waals surface area contributed by atoms with Crippen molar-refractivity contribution in [3.63, 3.8) is 0 Å². The lowest BCUT2D eigenvalue weighted by atomic mass is 9.87. The fraction of sp³-hybridized carbons (Fsp3) is 0.618. The van der Waals surface area contributed by atoms with E-state index in [2.05, 4.69) is 46.7 Å². The lowest BCUT2D eigenvalue weighted by Gasteiger charge is -2.20. The van der Waals surface area contributed by atoms with Crippen LogP contribution in [0.25, 0.3) is 0 Å². The van der Waals surface area contributed by atoms with Crippen molar-refractivity contribution in [2.75, 3.05) is 5.75 Å². The third-order valence-electron chi connectivity index (χ3n) is 12.9. The number of rotatable bonds is 12. The van der Waals surface area contributed by atoms with Crippen LogP contribution in [-0.4, -0.2) is 96.2 Å². The van der Waals surface area contributed by atoms with Gasteiger partial charge in [0.05, 0.1) is 36.2 Å². The second-order valence-electron chi connectivity index (χ2n) is 15.2. The molecule has 8 aliphatic heterocycles. The normalized spacial score (nSPS) is 49.7. The summed E-state index contributed by atoms with van der Waals surface area (Å²) in [4.78, 5) is 37.3. The number of aliphatic hydroxyl groups excluding tert-OH is 1. The smallest absolute Gasteiger partial charge is 0.306 e. The van der Waals surface area contributed by atoms with Crippen molar-refractivity contribution >= 4 is 30.4 Å². The maximum atomic E-state index is 12.7. The Morgan fingerprint density at radius 3 is 2.51 bits per heavy atom. The minimum Gasteiger partial charge on any atom is -0.481 e. The van der Waals surface area contributed by atoms with Crippen molar-refractivity contribution in [2.24, 2.45) is 17.8 Å². The number of fused-ring (bicyclic) bond motifs is 3. The number of nitrogens with one attached hydrogen (secondary N) is 4. The van der Waals surface area contributed by atoms with E-state index in [-0.39, 0.29) is 35.7 Å². The van der Waals surface area contributed by atoms with Crippen molar-refractivity contribution in [1.29, 1.82) is 0 Å².